The Morgan fingerprint density at radius 3 is 2.62 bits per heavy atom. The molecule has 2 aliphatic heterocycles. The van der Waals surface area contributed by atoms with Crippen LogP contribution in [0.1, 0.15) is 30.9 Å². The van der Waals surface area contributed by atoms with Crippen molar-refractivity contribution in [2.24, 2.45) is 11.0 Å². The van der Waals surface area contributed by atoms with Crippen LogP contribution in [0.5, 0.6) is 0 Å². The van der Waals surface area contributed by atoms with Gasteiger partial charge in [-0.15, -0.1) is 0 Å². The van der Waals surface area contributed by atoms with E-state index in [0.29, 0.717) is 0 Å². The SMILES string of the molecule is O=C(C1CCN(c2ccnc(Cl)n2)CC1)N1N=CCC1c1ccccc1. The summed E-state index contributed by atoms with van der Waals surface area (Å²) in [6.07, 6.45) is 5.84. The summed E-state index contributed by atoms with van der Waals surface area (Å²) >= 11 is 5.88. The molecule has 1 atom stereocenters. The Hall–Kier alpha value is -2.47. The van der Waals surface area contributed by atoms with Crippen molar-refractivity contribution in [3.8, 4) is 0 Å². The number of anilines is 1. The molecule has 0 saturated carbocycles. The molecule has 0 N–H and O–H groups in total. The average Bonchev–Trinajstić information content (AvgIpc) is 3.18. The number of hydrogen-bond acceptors (Lipinski definition) is 5. The molecule has 0 aliphatic carbocycles. The number of carbonyl (C=O) groups excluding carboxylic acids is 1. The van der Waals surface area contributed by atoms with Gasteiger partial charge in [0.1, 0.15) is 5.82 Å². The summed E-state index contributed by atoms with van der Waals surface area (Å²) in [5, 5.41) is 6.29. The maximum atomic E-state index is 13.0. The zero-order chi connectivity index (χ0) is 17.9. The van der Waals surface area contributed by atoms with Crippen LogP contribution in [-0.4, -0.2) is 40.2 Å². The van der Waals surface area contributed by atoms with Gasteiger partial charge in [0.2, 0.25) is 11.2 Å². The van der Waals surface area contributed by atoms with Crippen molar-refractivity contribution < 1.29 is 4.79 Å². The van der Waals surface area contributed by atoms with E-state index in [1.54, 1.807) is 11.2 Å². The van der Waals surface area contributed by atoms with Gasteiger partial charge in [0.05, 0.1) is 6.04 Å². The van der Waals surface area contributed by atoms with Crippen LogP contribution in [-0.2, 0) is 4.79 Å². The zero-order valence-corrected chi connectivity index (χ0v) is 15.1. The van der Waals surface area contributed by atoms with Crippen LogP contribution in [0.25, 0.3) is 0 Å². The smallest absolute Gasteiger partial charge is 0.246 e. The van der Waals surface area contributed by atoms with Crippen LogP contribution >= 0.6 is 11.6 Å². The van der Waals surface area contributed by atoms with Crippen molar-refractivity contribution in [2.75, 3.05) is 18.0 Å². The van der Waals surface area contributed by atoms with Gasteiger partial charge in [0, 0.05) is 37.8 Å². The molecule has 1 fully saturated rings. The van der Waals surface area contributed by atoms with E-state index in [-0.39, 0.29) is 23.2 Å². The van der Waals surface area contributed by atoms with Gasteiger partial charge in [0.25, 0.3) is 0 Å². The topological polar surface area (TPSA) is 61.7 Å². The van der Waals surface area contributed by atoms with Gasteiger partial charge in [-0.25, -0.2) is 15.0 Å². The lowest BCUT2D eigenvalue weighted by Crippen LogP contribution is -2.41. The van der Waals surface area contributed by atoms with Gasteiger partial charge < -0.3 is 4.90 Å². The Balaban J connectivity index is 1.41. The Morgan fingerprint density at radius 2 is 1.88 bits per heavy atom. The molecule has 7 heteroatoms. The summed E-state index contributed by atoms with van der Waals surface area (Å²) in [6.45, 7) is 1.55. The van der Waals surface area contributed by atoms with Crippen LogP contribution in [0.3, 0.4) is 0 Å². The van der Waals surface area contributed by atoms with Crippen LogP contribution in [0.2, 0.25) is 5.28 Å². The lowest BCUT2D eigenvalue weighted by atomic mass is 9.94. The molecular formula is C19H20ClN5O. The number of amides is 1. The molecule has 1 saturated heterocycles. The first-order valence-corrected chi connectivity index (χ1v) is 9.24. The van der Waals surface area contributed by atoms with E-state index < -0.39 is 0 Å². The third-order valence-corrected chi connectivity index (χ3v) is 5.20. The summed E-state index contributed by atoms with van der Waals surface area (Å²) < 4.78 is 0. The summed E-state index contributed by atoms with van der Waals surface area (Å²) in [4.78, 5) is 23.4. The van der Waals surface area contributed by atoms with Crippen LogP contribution in [0.15, 0.2) is 47.7 Å². The first kappa shape index (κ1) is 17.0. The summed E-state index contributed by atoms with van der Waals surface area (Å²) in [5.41, 5.74) is 1.13. The van der Waals surface area contributed by atoms with Gasteiger partial charge in [-0.05, 0) is 36.1 Å². The molecule has 1 unspecified atom stereocenters. The number of carbonyl (C=O) groups is 1. The molecule has 0 spiro atoms. The number of hydrogen-bond donors (Lipinski definition) is 0. The Morgan fingerprint density at radius 1 is 1.12 bits per heavy atom. The largest absolute Gasteiger partial charge is 0.356 e. The Bertz CT molecular complexity index is 805. The third-order valence-electron chi connectivity index (χ3n) is 5.02. The second-order valence-corrected chi connectivity index (χ2v) is 6.93. The predicted molar refractivity (Wildman–Crippen MR) is 101 cm³/mol. The maximum Gasteiger partial charge on any atom is 0.246 e. The number of hydrazone groups is 1. The highest BCUT2D eigenvalue weighted by atomic mass is 35.5. The zero-order valence-electron chi connectivity index (χ0n) is 14.3. The molecule has 0 bridgehead atoms. The van der Waals surface area contributed by atoms with E-state index in [0.717, 1.165) is 43.7 Å². The molecule has 1 aromatic carbocycles. The Kier molecular flexibility index (Phi) is 4.84. The molecule has 0 radical (unpaired) electrons. The average molecular weight is 370 g/mol. The van der Waals surface area contributed by atoms with Crippen LogP contribution < -0.4 is 4.90 Å². The molecule has 2 aromatic rings. The molecule has 2 aliphatic rings. The van der Waals surface area contributed by atoms with Crippen molar-refractivity contribution in [3.63, 3.8) is 0 Å². The number of nitrogens with zero attached hydrogens (tertiary/aromatic N) is 5. The van der Waals surface area contributed by atoms with E-state index in [1.165, 1.54) is 0 Å². The fourth-order valence-corrected chi connectivity index (χ4v) is 3.77. The highest BCUT2D eigenvalue weighted by molar-refractivity contribution is 6.28. The van der Waals surface area contributed by atoms with E-state index >= 15 is 0 Å². The molecule has 26 heavy (non-hydrogen) atoms. The summed E-state index contributed by atoms with van der Waals surface area (Å²) in [5.74, 6) is 0.926. The van der Waals surface area contributed by atoms with Crippen molar-refractivity contribution >= 4 is 29.5 Å². The minimum Gasteiger partial charge on any atom is -0.356 e. The van der Waals surface area contributed by atoms with Gasteiger partial charge >= 0.3 is 0 Å². The minimum atomic E-state index is -0.00924. The standard InChI is InChI=1S/C19H20ClN5O/c20-19-21-10-7-17(23-19)24-12-8-15(9-13-24)18(26)25-16(6-11-22-25)14-4-2-1-3-5-14/h1-5,7,10-11,15-16H,6,8-9,12-13H2. The molecule has 134 valence electrons. The van der Waals surface area contributed by atoms with Gasteiger partial charge in [-0.1, -0.05) is 30.3 Å². The lowest BCUT2D eigenvalue weighted by molar-refractivity contribution is -0.138. The summed E-state index contributed by atoms with van der Waals surface area (Å²) in [7, 11) is 0. The van der Waals surface area contributed by atoms with Gasteiger partial charge in [0.15, 0.2) is 0 Å². The first-order valence-electron chi connectivity index (χ1n) is 8.86. The fraction of sp³-hybridized carbons (Fsp3) is 0.368. The lowest BCUT2D eigenvalue weighted by Gasteiger charge is -2.34. The third kappa shape index (κ3) is 3.42. The highest BCUT2D eigenvalue weighted by Gasteiger charge is 2.34. The van der Waals surface area contributed by atoms with E-state index in [2.05, 4.69) is 32.1 Å². The molecule has 1 aromatic heterocycles. The van der Waals surface area contributed by atoms with Crippen LogP contribution in [0.4, 0.5) is 5.82 Å². The number of aromatic nitrogens is 2. The molecule has 3 heterocycles. The van der Waals surface area contributed by atoms with Crippen molar-refractivity contribution in [2.45, 2.75) is 25.3 Å². The second kappa shape index (κ2) is 7.41. The first-order chi connectivity index (χ1) is 12.7. The van der Waals surface area contributed by atoms with E-state index in [1.807, 2.05) is 30.5 Å². The monoisotopic (exact) mass is 369 g/mol. The normalized spacial score (nSPS) is 20.6. The van der Waals surface area contributed by atoms with Gasteiger partial charge in [-0.2, -0.15) is 5.10 Å². The Labute approximate surface area is 157 Å². The van der Waals surface area contributed by atoms with E-state index in [9.17, 15) is 4.79 Å². The number of halogens is 1. The van der Waals surface area contributed by atoms with Crippen molar-refractivity contribution in [3.05, 3.63) is 53.4 Å². The van der Waals surface area contributed by atoms with Crippen LogP contribution in [0, 0.1) is 5.92 Å². The van der Waals surface area contributed by atoms with Crippen molar-refractivity contribution in [1.29, 1.82) is 0 Å². The predicted octanol–water partition coefficient (Wildman–Crippen LogP) is 3.31. The summed E-state index contributed by atoms with van der Waals surface area (Å²) in [6, 6.07) is 12.0. The molecule has 6 nitrogen and oxygen atoms in total. The second-order valence-electron chi connectivity index (χ2n) is 6.59. The van der Waals surface area contributed by atoms with E-state index in [4.69, 9.17) is 11.6 Å². The quantitative estimate of drug-likeness (QED) is 0.779. The minimum absolute atomic E-state index is 0.00924. The van der Waals surface area contributed by atoms with Crippen molar-refractivity contribution in [1.82, 2.24) is 15.0 Å². The maximum absolute atomic E-state index is 13.0. The van der Waals surface area contributed by atoms with Gasteiger partial charge in [-0.3, -0.25) is 4.79 Å². The molecule has 4 rings (SSSR count). The highest BCUT2D eigenvalue weighted by Crippen LogP contribution is 2.32. The number of rotatable bonds is 3. The molecular weight excluding hydrogens is 350 g/mol. The molecule has 1 amide bonds. The number of piperidine rings is 1. The number of benzene rings is 1. The fourth-order valence-electron chi connectivity index (χ4n) is 3.62.